The summed E-state index contributed by atoms with van der Waals surface area (Å²) in [4.78, 5) is 16.9. The zero-order valence-corrected chi connectivity index (χ0v) is 13.5. The monoisotopic (exact) mass is 283 g/mol. The third kappa shape index (κ3) is 2.71. The molecule has 2 rings (SSSR count). The van der Waals surface area contributed by atoms with Crippen LogP contribution >= 0.6 is 0 Å². The highest BCUT2D eigenvalue weighted by atomic mass is 16.5. The topological polar surface area (TPSA) is 44.8 Å². The van der Waals surface area contributed by atoms with Gasteiger partial charge in [-0.05, 0) is 46.3 Å². The van der Waals surface area contributed by atoms with Gasteiger partial charge in [-0.2, -0.15) is 0 Å². The quantitative estimate of drug-likeness (QED) is 0.764. The standard InChI is InChI=1S/C15H29N3O2/c1-11-9-18(10-13(11)17(3)4)12-6-7-15(8-12,16-2)14(19)20-5/h11-13,16H,6-10H2,1-5H3. The van der Waals surface area contributed by atoms with E-state index in [2.05, 4.69) is 36.1 Å². The van der Waals surface area contributed by atoms with Crippen LogP contribution in [0.4, 0.5) is 0 Å². The molecule has 5 nitrogen and oxygen atoms in total. The molecule has 1 saturated carbocycles. The normalized spacial score (nSPS) is 38.6. The van der Waals surface area contributed by atoms with E-state index in [1.54, 1.807) is 0 Å². The number of carbonyl (C=O) groups excluding carboxylic acids is 1. The van der Waals surface area contributed by atoms with Crippen molar-refractivity contribution in [3.63, 3.8) is 0 Å². The summed E-state index contributed by atoms with van der Waals surface area (Å²) in [6.45, 7) is 4.57. The molecule has 4 unspecified atom stereocenters. The zero-order chi connectivity index (χ0) is 14.9. The maximum absolute atomic E-state index is 12.1. The number of likely N-dealkylation sites (tertiary alicyclic amines) is 1. The molecule has 1 aliphatic carbocycles. The van der Waals surface area contributed by atoms with Gasteiger partial charge < -0.3 is 15.0 Å². The van der Waals surface area contributed by atoms with Crippen molar-refractivity contribution >= 4 is 5.97 Å². The van der Waals surface area contributed by atoms with Crippen LogP contribution in [0, 0.1) is 5.92 Å². The first kappa shape index (κ1) is 15.7. The third-order valence-corrected chi connectivity index (χ3v) is 5.32. The van der Waals surface area contributed by atoms with E-state index in [0.717, 1.165) is 32.4 Å². The molecular formula is C15H29N3O2. The lowest BCUT2D eigenvalue weighted by atomic mass is 9.97. The number of ether oxygens (including phenoxy) is 1. The van der Waals surface area contributed by atoms with Gasteiger partial charge in [-0.25, -0.2) is 0 Å². The van der Waals surface area contributed by atoms with Crippen LogP contribution in [-0.4, -0.2) is 74.7 Å². The van der Waals surface area contributed by atoms with E-state index < -0.39 is 5.54 Å². The molecule has 5 heteroatoms. The summed E-state index contributed by atoms with van der Waals surface area (Å²) in [5.41, 5.74) is -0.473. The van der Waals surface area contributed by atoms with Crippen molar-refractivity contribution in [1.82, 2.24) is 15.1 Å². The average Bonchev–Trinajstić information content (AvgIpc) is 3.02. The van der Waals surface area contributed by atoms with E-state index in [1.165, 1.54) is 7.11 Å². The van der Waals surface area contributed by atoms with Crippen molar-refractivity contribution in [2.24, 2.45) is 5.92 Å². The minimum absolute atomic E-state index is 0.112. The molecule has 1 N–H and O–H groups in total. The Balaban J connectivity index is 2.01. The second-order valence-electron chi connectivity index (χ2n) is 6.68. The maximum Gasteiger partial charge on any atom is 0.326 e. The second-order valence-corrected chi connectivity index (χ2v) is 6.68. The number of likely N-dealkylation sites (N-methyl/N-ethyl adjacent to an activating group) is 2. The van der Waals surface area contributed by atoms with Crippen molar-refractivity contribution in [1.29, 1.82) is 0 Å². The first-order valence-corrected chi connectivity index (χ1v) is 7.61. The van der Waals surface area contributed by atoms with Crippen LogP contribution in [0.2, 0.25) is 0 Å². The fourth-order valence-electron chi connectivity index (χ4n) is 4.00. The Bertz CT molecular complexity index is 361. The van der Waals surface area contributed by atoms with Gasteiger partial charge >= 0.3 is 5.97 Å². The lowest BCUT2D eigenvalue weighted by molar-refractivity contribution is -0.148. The number of carbonyl (C=O) groups is 1. The molecule has 116 valence electrons. The third-order valence-electron chi connectivity index (χ3n) is 5.32. The van der Waals surface area contributed by atoms with Crippen LogP contribution in [0.15, 0.2) is 0 Å². The summed E-state index contributed by atoms with van der Waals surface area (Å²) >= 11 is 0. The number of rotatable bonds is 4. The number of nitrogens with one attached hydrogen (secondary N) is 1. The van der Waals surface area contributed by atoms with Crippen molar-refractivity contribution in [3.05, 3.63) is 0 Å². The van der Waals surface area contributed by atoms with E-state index in [9.17, 15) is 4.79 Å². The first-order valence-electron chi connectivity index (χ1n) is 7.61. The highest BCUT2D eigenvalue weighted by molar-refractivity contribution is 5.81. The summed E-state index contributed by atoms with van der Waals surface area (Å²) in [6, 6.07) is 1.12. The number of hydrogen-bond donors (Lipinski definition) is 1. The summed E-state index contributed by atoms with van der Waals surface area (Å²) in [7, 11) is 7.67. The number of esters is 1. The number of hydrogen-bond acceptors (Lipinski definition) is 5. The molecule has 1 heterocycles. The van der Waals surface area contributed by atoms with Gasteiger partial charge in [0.25, 0.3) is 0 Å². The van der Waals surface area contributed by atoms with Crippen LogP contribution in [0.3, 0.4) is 0 Å². The Morgan fingerprint density at radius 3 is 2.60 bits per heavy atom. The van der Waals surface area contributed by atoms with E-state index >= 15 is 0 Å². The van der Waals surface area contributed by atoms with Gasteiger partial charge in [-0.15, -0.1) is 0 Å². The summed E-state index contributed by atoms with van der Waals surface area (Å²) < 4.78 is 4.99. The van der Waals surface area contributed by atoms with Crippen LogP contribution < -0.4 is 5.32 Å². The molecule has 1 aliphatic heterocycles. The number of nitrogens with zero attached hydrogens (tertiary/aromatic N) is 2. The lowest BCUT2D eigenvalue weighted by Crippen LogP contribution is -2.50. The van der Waals surface area contributed by atoms with Gasteiger partial charge in [0.2, 0.25) is 0 Å². The molecule has 1 saturated heterocycles. The molecule has 0 amide bonds. The Morgan fingerprint density at radius 2 is 2.10 bits per heavy atom. The predicted molar refractivity (Wildman–Crippen MR) is 79.7 cm³/mol. The molecule has 0 radical (unpaired) electrons. The molecule has 0 aromatic carbocycles. The van der Waals surface area contributed by atoms with E-state index in [4.69, 9.17) is 4.74 Å². The molecule has 2 aliphatic rings. The van der Waals surface area contributed by atoms with Crippen molar-refractivity contribution in [2.45, 2.75) is 43.8 Å². The second kappa shape index (κ2) is 6.00. The highest BCUT2D eigenvalue weighted by Crippen LogP contribution is 2.36. The van der Waals surface area contributed by atoms with Gasteiger partial charge in [-0.1, -0.05) is 6.92 Å². The minimum Gasteiger partial charge on any atom is -0.468 e. The number of methoxy groups -OCH3 is 1. The van der Waals surface area contributed by atoms with Gasteiger partial charge in [0.15, 0.2) is 0 Å². The molecular weight excluding hydrogens is 254 g/mol. The smallest absolute Gasteiger partial charge is 0.326 e. The first-order chi connectivity index (χ1) is 9.43. The largest absolute Gasteiger partial charge is 0.468 e. The zero-order valence-electron chi connectivity index (χ0n) is 13.5. The summed E-state index contributed by atoms with van der Waals surface area (Å²) in [5.74, 6) is 0.576. The molecule has 0 aromatic rings. The fraction of sp³-hybridized carbons (Fsp3) is 0.933. The Hall–Kier alpha value is -0.650. The van der Waals surface area contributed by atoms with Crippen LogP contribution in [0.1, 0.15) is 26.2 Å². The minimum atomic E-state index is -0.473. The molecule has 2 fully saturated rings. The van der Waals surface area contributed by atoms with Gasteiger partial charge in [0, 0.05) is 25.2 Å². The lowest BCUT2D eigenvalue weighted by Gasteiger charge is -2.29. The Kier molecular flexibility index (Phi) is 4.72. The SMILES string of the molecule is CNC1(C(=O)OC)CCC(N2CC(C)C(N(C)C)C2)C1. The van der Waals surface area contributed by atoms with Gasteiger partial charge in [0.05, 0.1) is 7.11 Å². The summed E-state index contributed by atoms with van der Waals surface area (Å²) in [6.07, 6.45) is 2.81. The van der Waals surface area contributed by atoms with Crippen molar-refractivity contribution < 1.29 is 9.53 Å². The Labute approximate surface area is 122 Å². The molecule has 20 heavy (non-hydrogen) atoms. The average molecular weight is 283 g/mol. The van der Waals surface area contributed by atoms with Crippen molar-refractivity contribution in [3.8, 4) is 0 Å². The Morgan fingerprint density at radius 1 is 1.40 bits per heavy atom. The van der Waals surface area contributed by atoms with Crippen LogP contribution in [0.5, 0.6) is 0 Å². The van der Waals surface area contributed by atoms with Gasteiger partial charge in [-0.3, -0.25) is 9.69 Å². The molecule has 0 spiro atoms. The van der Waals surface area contributed by atoms with E-state index in [1.807, 2.05) is 7.05 Å². The van der Waals surface area contributed by atoms with Gasteiger partial charge in [0.1, 0.15) is 5.54 Å². The summed E-state index contributed by atoms with van der Waals surface area (Å²) in [5, 5.41) is 3.22. The van der Waals surface area contributed by atoms with Crippen LogP contribution in [-0.2, 0) is 9.53 Å². The van der Waals surface area contributed by atoms with Crippen LogP contribution in [0.25, 0.3) is 0 Å². The van der Waals surface area contributed by atoms with E-state index in [0.29, 0.717) is 18.0 Å². The fourth-order valence-corrected chi connectivity index (χ4v) is 4.00. The molecule has 0 aromatic heterocycles. The molecule has 4 atom stereocenters. The highest BCUT2D eigenvalue weighted by Gasteiger charge is 2.48. The van der Waals surface area contributed by atoms with Crippen molar-refractivity contribution in [2.75, 3.05) is 41.3 Å². The van der Waals surface area contributed by atoms with E-state index in [-0.39, 0.29) is 5.97 Å². The maximum atomic E-state index is 12.1. The molecule has 0 bridgehead atoms. The predicted octanol–water partition coefficient (Wildman–Crippen LogP) is 0.552.